The summed E-state index contributed by atoms with van der Waals surface area (Å²) in [6.07, 6.45) is -4.88. The molecule has 108 valence electrons. The molecule has 1 fully saturated rings. The molecule has 8 heteroatoms. The number of rotatable bonds is 2. The second-order valence-electron chi connectivity index (χ2n) is 3.95. The Hall–Kier alpha value is -1.05. The molecule has 1 aliphatic heterocycles. The Morgan fingerprint density at radius 3 is 2.47 bits per heavy atom. The highest BCUT2D eigenvalue weighted by Crippen LogP contribution is 2.27. The third-order valence-electron chi connectivity index (χ3n) is 2.62. The zero-order chi connectivity index (χ0) is 13.2. The summed E-state index contributed by atoms with van der Waals surface area (Å²) < 4.78 is 52.9. The number of benzene rings is 1. The van der Waals surface area contributed by atoms with Crippen LogP contribution in [0.15, 0.2) is 18.2 Å². The molecule has 3 nitrogen and oxygen atoms in total. The van der Waals surface area contributed by atoms with Gasteiger partial charge < -0.3 is 15.4 Å². The van der Waals surface area contributed by atoms with E-state index in [0.29, 0.717) is 12.1 Å². The van der Waals surface area contributed by atoms with Crippen LogP contribution in [0, 0.1) is 5.82 Å². The minimum absolute atomic E-state index is 0. The molecular formula is C11H13ClF4N2O. The molecule has 0 aliphatic carbocycles. The molecule has 1 aromatic rings. The Bertz CT molecular complexity index is 422. The second-order valence-corrected chi connectivity index (χ2v) is 3.95. The number of halogens is 5. The lowest BCUT2D eigenvalue weighted by Crippen LogP contribution is -2.42. The summed E-state index contributed by atoms with van der Waals surface area (Å²) in [4.78, 5) is 0. The average Bonchev–Trinajstić information content (AvgIpc) is 2.31. The van der Waals surface area contributed by atoms with Crippen molar-refractivity contribution in [2.24, 2.45) is 0 Å². The lowest BCUT2D eigenvalue weighted by molar-refractivity contribution is -0.275. The molecule has 19 heavy (non-hydrogen) atoms. The standard InChI is InChI=1S/C11H12F4N2O.ClH/c12-8-5-7(9-6-16-3-4-17-9)1-2-10(8)18-11(13,14)15;/h1-2,5,9,16-17H,3-4,6H2;1H/t9-;/m0./s1. The first-order valence-electron chi connectivity index (χ1n) is 5.45. The lowest BCUT2D eigenvalue weighted by atomic mass is 10.1. The molecule has 0 spiro atoms. The van der Waals surface area contributed by atoms with Crippen molar-refractivity contribution < 1.29 is 22.3 Å². The van der Waals surface area contributed by atoms with Crippen molar-refractivity contribution in [2.45, 2.75) is 12.4 Å². The smallest absolute Gasteiger partial charge is 0.403 e. The minimum atomic E-state index is -4.88. The third kappa shape index (κ3) is 4.52. The highest BCUT2D eigenvalue weighted by atomic mass is 35.5. The van der Waals surface area contributed by atoms with Crippen LogP contribution in [0.5, 0.6) is 5.75 Å². The predicted molar refractivity (Wildman–Crippen MR) is 63.9 cm³/mol. The summed E-state index contributed by atoms with van der Waals surface area (Å²) in [5.74, 6) is -1.83. The topological polar surface area (TPSA) is 33.3 Å². The first-order valence-corrected chi connectivity index (χ1v) is 5.45. The summed E-state index contributed by atoms with van der Waals surface area (Å²) in [7, 11) is 0. The molecule has 0 radical (unpaired) electrons. The van der Waals surface area contributed by atoms with Gasteiger partial charge in [-0.2, -0.15) is 0 Å². The maximum atomic E-state index is 13.5. The summed E-state index contributed by atoms with van der Waals surface area (Å²) in [5.41, 5.74) is 0.592. The van der Waals surface area contributed by atoms with Crippen LogP contribution in [-0.2, 0) is 0 Å². The molecule has 0 unspecified atom stereocenters. The zero-order valence-corrected chi connectivity index (χ0v) is 10.6. The molecule has 1 aliphatic rings. The van der Waals surface area contributed by atoms with E-state index in [4.69, 9.17) is 0 Å². The van der Waals surface area contributed by atoms with Gasteiger partial charge in [-0.25, -0.2) is 4.39 Å². The van der Waals surface area contributed by atoms with Crippen LogP contribution in [0.3, 0.4) is 0 Å². The highest BCUT2D eigenvalue weighted by Gasteiger charge is 2.32. The van der Waals surface area contributed by atoms with Crippen LogP contribution in [0.25, 0.3) is 0 Å². The summed E-state index contributed by atoms with van der Waals surface area (Å²) in [6.45, 7) is 2.15. The molecule has 1 saturated heterocycles. The number of piperazine rings is 1. The van der Waals surface area contributed by atoms with Crippen molar-refractivity contribution in [3.63, 3.8) is 0 Å². The van der Waals surface area contributed by atoms with Crippen molar-refractivity contribution in [3.05, 3.63) is 29.6 Å². The van der Waals surface area contributed by atoms with E-state index in [0.717, 1.165) is 25.2 Å². The molecule has 0 bridgehead atoms. The van der Waals surface area contributed by atoms with Crippen LogP contribution in [0.2, 0.25) is 0 Å². The van der Waals surface area contributed by atoms with Crippen molar-refractivity contribution >= 4 is 12.4 Å². The molecule has 0 saturated carbocycles. The van der Waals surface area contributed by atoms with Gasteiger partial charge >= 0.3 is 6.36 Å². The molecule has 0 aromatic heterocycles. The fourth-order valence-corrected chi connectivity index (χ4v) is 1.83. The fourth-order valence-electron chi connectivity index (χ4n) is 1.83. The normalized spacial score (nSPS) is 19.7. The van der Waals surface area contributed by atoms with Crippen molar-refractivity contribution in [1.82, 2.24) is 10.6 Å². The van der Waals surface area contributed by atoms with Gasteiger partial charge in [0.25, 0.3) is 0 Å². The van der Waals surface area contributed by atoms with E-state index in [1.807, 2.05) is 0 Å². The van der Waals surface area contributed by atoms with Gasteiger partial charge in [-0.05, 0) is 17.7 Å². The molecule has 1 aromatic carbocycles. The van der Waals surface area contributed by atoms with Crippen molar-refractivity contribution in [1.29, 1.82) is 0 Å². The SMILES string of the molecule is Cl.Fc1cc([C@@H]2CNCCN2)ccc1OC(F)(F)F. The summed E-state index contributed by atoms with van der Waals surface area (Å²) in [5, 5.41) is 6.25. The summed E-state index contributed by atoms with van der Waals surface area (Å²) >= 11 is 0. The van der Waals surface area contributed by atoms with Crippen molar-refractivity contribution in [2.75, 3.05) is 19.6 Å². The molecule has 0 amide bonds. The lowest BCUT2D eigenvalue weighted by Gasteiger charge is -2.25. The minimum Gasteiger partial charge on any atom is -0.403 e. The number of hydrogen-bond acceptors (Lipinski definition) is 3. The zero-order valence-electron chi connectivity index (χ0n) is 9.76. The Kier molecular flexibility index (Phi) is 5.39. The first kappa shape index (κ1) is 16.0. The van der Waals surface area contributed by atoms with E-state index in [2.05, 4.69) is 15.4 Å². The van der Waals surface area contributed by atoms with Crippen LogP contribution >= 0.6 is 12.4 Å². The van der Waals surface area contributed by atoms with Gasteiger partial charge in [-0.3, -0.25) is 0 Å². The number of alkyl halides is 3. The average molecular weight is 301 g/mol. The van der Waals surface area contributed by atoms with Gasteiger partial charge in [0.15, 0.2) is 11.6 Å². The first-order chi connectivity index (χ1) is 8.46. The van der Waals surface area contributed by atoms with Gasteiger partial charge in [0, 0.05) is 25.7 Å². The fraction of sp³-hybridized carbons (Fsp3) is 0.455. The van der Waals surface area contributed by atoms with Crippen LogP contribution in [0.4, 0.5) is 17.6 Å². The van der Waals surface area contributed by atoms with Gasteiger partial charge in [0.1, 0.15) is 0 Å². The quantitative estimate of drug-likeness (QED) is 0.823. The maximum Gasteiger partial charge on any atom is 0.573 e. The van der Waals surface area contributed by atoms with Crippen LogP contribution in [-0.4, -0.2) is 26.0 Å². The van der Waals surface area contributed by atoms with E-state index in [9.17, 15) is 17.6 Å². The number of hydrogen-bond donors (Lipinski definition) is 2. The Balaban J connectivity index is 0.00000180. The molecular weight excluding hydrogens is 288 g/mol. The van der Waals surface area contributed by atoms with E-state index < -0.39 is 17.9 Å². The van der Waals surface area contributed by atoms with Gasteiger partial charge in [-0.15, -0.1) is 25.6 Å². The Labute approximate surface area is 113 Å². The largest absolute Gasteiger partial charge is 0.573 e. The number of nitrogens with one attached hydrogen (secondary N) is 2. The molecule has 2 rings (SSSR count). The Morgan fingerprint density at radius 1 is 1.21 bits per heavy atom. The van der Waals surface area contributed by atoms with Crippen molar-refractivity contribution in [3.8, 4) is 5.75 Å². The van der Waals surface area contributed by atoms with Gasteiger partial charge in [0.05, 0.1) is 0 Å². The highest BCUT2D eigenvalue weighted by molar-refractivity contribution is 5.85. The molecule has 1 heterocycles. The molecule has 1 atom stereocenters. The Morgan fingerprint density at radius 2 is 1.95 bits per heavy atom. The van der Waals surface area contributed by atoms with E-state index in [1.54, 1.807) is 0 Å². The third-order valence-corrected chi connectivity index (χ3v) is 2.62. The monoisotopic (exact) mass is 300 g/mol. The van der Waals surface area contributed by atoms with E-state index in [-0.39, 0.29) is 18.4 Å². The van der Waals surface area contributed by atoms with Gasteiger partial charge in [-0.1, -0.05) is 6.07 Å². The van der Waals surface area contributed by atoms with Crippen LogP contribution < -0.4 is 15.4 Å². The predicted octanol–water partition coefficient (Wildman–Crippen LogP) is 2.38. The maximum absolute atomic E-state index is 13.5. The molecule has 2 N–H and O–H groups in total. The van der Waals surface area contributed by atoms with E-state index in [1.165, 1.54) is 6.07 Å². The van der Waals surface area contributed by atoms with Crippen LogP contribution in [0.1, 0.15) is 11.6 Å². The summed E-state index contributed by atoms with van der Waals surface area (Å²) in [6, 6.07) is 3.38. The van der Waals surface area contributed by atoms with Gasteiger partial charge in [0.2, 0.25) is 0 Å². The number of ether oxygens (including phenoxy) is 1. The second kappa shape index (κ2) is 6.40. The van der Waals surface area contributed by atoms with E-state index >= 15 is 0 Å².